The van der Waals surface area contributed by atoms with Crippen molar-refractivity contribution in [2.24, 2.45) is 5.92 Å². The largest absolute Gasteiger partial charge is 0.465 e. The predicted molar refractivity (Wildman–Crippen MR) is 121 cm³/mol. The second kappa shape index (κ2) is 9.44. The van der Waals surface area contributed by atoms with Crippen LogP contribution in [-0.4, -0.2) is 47.9 Å². The first-order valence-electron chi connectivity index (χ1n) is 10.8. The third kappa shape index (κ3) is 4.94. The molecule has 2 aromatic carbocycles. The molecule has 1 saturated heterocycles. The molecular formula is C25H28N2O5. The maximum absolute atomic E-state index is 12.2. The number of nitrogens with one attached hydrogen (secondary N) is 1. The van der Waals surface area contributed by atoms with Gasteiger partial charge in [-0.2, -0.15) is 0 Å². The number of carboxylic acid groups (broad SMARTS) is 1. The van der Waals surface area contributed by atoms with Gasteiger partial charge in [-0.05, 0) is 55.2 Å². The van der Waals surface area contributed by atoms with Gasteiger partial charge in [0, 0.05) is 36.7 Å². The van der Waals surface area contributed by atoms with E-state index in [4.69, 9.17) is 14.6 Å². The molecule has 1 fully saturated rings. The van der Waals surface area contributed by atoms with Gasteiger partial charge in [0.15, 0.2) is 0 Å². The van der Waals surface area contributed by atoms with Gasteiger partial charge >= 0.3 is 6.09 Å². The zero-order chi connectivity index (χ0) is 22.7. The number of likely N-dealkylation sites (tertiary alicyclic amines) is 1. The van der Waals surface area contributed by atoms with E-state index in [1.54, 1.807) is 0 Å². The van der Waals surface area contributed by atoms with Crippen LogP contribution in [0.1, 0.15) is 35.7 Å². The molecule has 0 saturated carbocycles. The SMILES string of the molecule is C=C(C)CNC(=O)c1ccc(-c2ccc3c(c2)COC(C2CCN(C(=O)O)CC2)O3)cc1. The van der Waals surface area contributed by atoms with E-state index in [1.165, 1.54) is 4.90 Å². The lowest BCUT2D eigenvalue weighted by molar-refractivity contribution is -0.148. The molecule has 4 rings (SSSR count). The maximum Gasteiger partial charge on any atom is 0.407 e. The van der Waals surface area contributed by atoms with E-state index in [-0.39, 0.29) is 18.1 Å². The molecule has 0 aromatic heterocycles. The molecule has 7 heteroatoms. The van der Waals surface area contributed by atoms with E-state index in [9.17, 15) is 9.59 Å². The van der Waals surface area contributed by atoms with Crippen LogP contribution in [0.3, 0.4) is 0 Å². The minimum atomic E-state index is -0.868. The molecular weight excluding hydrogens is 408 g/mol. The third-order valence-electron chi connectivity index (χ3n) is 5.93. The molecule has 0 spiro atoms. The van der Waals surface area contributed by atoms with Gasteiger partial charge in [0.1, 0.15) is 5.75 Å². The summed E-state index contributed by atoms with van der Waals surface area (Å²) in [5, 5.41) is 11.9. The number of rotatable bonds is 5. The molecule has 2 aliphatic rings. The first kappa shape index (κ1) is 21.9. The smallest absolute Gasteiger partial charge is 0.407 e. The Kier molecular flexibility index (Phi) is 6.46. The number of hydrogen-bond acceptors (Lipinski definition) is 4. The van der Waals surface area contributed by atoms with Crippen molar-refractivity contribution < 1.29 is 24.2 Å². The zero-order valence-electron chi connectivity index (χ0n) is 18.2. The second-order valence-corrected chi connectivity index (χ2v) is 8.44. The standard InChI is InChI=1S/C25H28N2O5/c1-16(2)14-26-23(28)18-5-3-17(4-6-18)20-7-8-22-21(13-20)15-31-24(32-22)19-9-11-27(12-10-19)25(29)30/h3-8,13,19,24H,1,9-12,14-15H2,2H3,(H,26,28)(H,29,30). The van der Waals surface area contributed by atoms with E-state index in [0.29, 0.717) is 31.8 Å². The Morgan fingerprint density at radius 1 is 1.12 bits per heavy atom. The number of amides is 2. The Morgan fingerprint density at radius 2 is 1.81 bits per heavy atom. The fourth-order valence-electron chi connectivity index (χ4n) is 4.06. The first-order chi connectivity index (χ1) is 15.4. The van der Waals surface area contributed by atoms with Crippen LogP contribution < -0.4 is 10.1 Å². The van der Waals surface area contributed by atoms with Crippen molar-refractivity contribution in [2.45, 2.75) is 32.7 Å². The van der Waals surface area contributed by atoms with Gasteiger partial charge in [-0.25, -0.2) is 4.79 Å². The number of fused-ring (bicyclic) bond motifs is 1. The Balaban J connectivity index is 1.39. The summed E-state index contributed by atoms with van der Waals surface area (Å²) in [5.41, 5.74) is 4.52. The number of carbonyl (C=O) groups is 2. The topological polar surface area (TPSA) is 88.1 Å². The van der Waals surface area contributed by atoms with E-state index >= 15 is 0 Å². The number of hydrogen-bond donors (Lipinski definition) is 2. The molecule has 0 radical (unpaired) electrons. The minimum absolute atomic E-state index is 0.118. The molecule has 1 atom stereocenters. The lowest BCUT2D eigenvalue weighted by Gasteiger charge is -2.36. The zero-order valence-corrected chi connectivity index (χ0v) is 18.2. The molecule has 2 heterocycles. The van der Waals surface area contributed by atoms with Gasteiger partial charge < -0.3 is 24.8 Å². The summed E-state index contributed by atoms with van der Waals surface area (Å²) in [6, 6.07) is 13.5. The molecule has 0 bridgehead atoms. The number of benzene rings is 2. The summed E-state index contributed by atoms with van der Waals surface area (Å²) in [7, 11) is 0. The van der Waals surface area contributed by atoms with Crippen molar-refractivity contribution in [3.05, 3.63) is 65.7 Å². The lowest BCUT2D eigenvalue weighted by Crippen LogP contribution is -2.43. The van der Waals surface area contributed by atoms with Gasteiger partial charge in [0.2, 0.25) is 6.29 Å². The highest BCUT2D eigenvalue weighted by atomic mass is 16.7. The van der Waals surface area contributed by atoms with Crippen LogP contribution in [0.25, 0.3) is 11.1 Å². The van der Waals surface area contributed by atoms with E-state index in [2.05, 4.69) is 18.0 Å². The average Bonchev–Trinajstić information content (AvgIpc) is 2.82. The van der Waals surface area contributed by atoms with Crippen LogP contribution in [0.2, 0.25) is 0 Å². The molecule has 7 nitrogen and oxygen atoms in total. The minimum Gasteiger partial charge on any atom is -0.465 e. The second-order valence-electron chi connectivity index (χ2n) is 8.44. The van der Waals surface area contributed by atoms with Crippen molar-refractivity contribution in [3.63, 3.8) is 0 Å². The Morgan fingerprint density at radius 3 is 2.47 bits per heavy atom. The fraction of sp³-hybridized carbons (Fsp3) is 0.360. The highest BCUT2D eigenvalue weighted by Gasteiger charge is 2.33. The van der Waals surface area contributed by atoms with Crippen molar-refractivity contribution >= 4 is 12.0 Å². The van der Waals surface area contributed by atoms with Crippen LogP contribution in [-0.2, 0) is 11.3 Å². The predicted octanol–water partition coefficient (Wildman–Crippen LogP) is 4.28. The van der Waals surface area contributed by atoms with Crippen LogP contribution in [0, 0.1) is 5.92 Å². The summed E-state index contributed by atoms with van der Waals surface area (Å²) in [6.07, 6.45) is 0.251. The molecule has 2 aliphatic heterocycles. The van der Waals surface area contributed by atoms with Crippen LogP contribution in [0.15, 0.2) is 54.6 Å². The highest BCUT2D eigenvalue weighted by molar-refractivity contribution is 5.94. The van der Waals surface area contributed by atoms with Gasteiger partial charge in [0.05, 0.1) is 6.61 Å². The molecule has 2 aromatic rings. The van der Waals surface area contributed by atoms with Crippen molar-refractivity contribution in [3.8, 4) is 16.9 Å². The summed E-state index contributed by atoms with van der Waals surface area (Å²) in [4.78, 5) is 24.7. The molecule has 32 heavy (non-hydrogen) atoms. The molecule has 0 aliphatic carbocycles. The third-order valence-corrected chi connectivity index (χ3v) is 5.93. The van der Waals surface area contributed by atoms with Gasteiger partial charge in [-0.3, -0.25) is 4.79 Å². The normalized spacial score (nSPS) is 18.4. The van der Waals surface area contributed by atoms with Crippen molar-refractivity contribution in [2.75, 3.05) is 19.6 Å². The molecule has 1 unspecified atom stereocenters. The van der Waals surface area contributed by atoms with E-state index < -0.39 is 6.09 Å². The Labute approximate surface area is 187 Å². The lowest BCUT2D eigenvalue weighted by atomic mass is 9.95. The number of carbonyl (C=O) groups excluding carboxylic acids is 1. The maximum atomic E-state index is 12.2. The monoisotopic (exact) mass is 436 g/mol. The molecule has 2 amide bonds. The summed E-state index contributed by atoms with van der Waals surface area (Å²) in [6.45, 7) is 7.60. The molecule has 168 valence electrons. The molecule has 2 N–H and O–H groups in total. The number of ether oxygens (including phenoxy) is 2. The van der Waals surface area contributed by atoms with Gasteiger partial charge in [-0.15, -0.1) is 0 Å². The van der Waals surface area contributed by atoms with E-state index in [1.807, 2.05) is 43.3 Å². The number of nitrogens with zero attached hydrogens (tertiary/aromatic N) is 1. The van der Waals surface area contributed by atoms with Crippen molar-refractivity contribution in [1.29, 1.82) is 0 Å². The van der Waals surface area contributed by atoms with Crippen molar-refractivity contribution in [1.82, 2.24) is 10.2 Å². The summed E-state index contributed by atoms with van der Waals surface area (Å²) >= 11 is 0. The van der Waals surface area contributed by atoms with Crippen LogP contribution >= 0.6 is 0 Å². The highest BCUT2D eigenvalue weighted by Crippen LogP contribution is 2.35. The fourth-order valence-corrected chi connectivity index (χ4v) is 4.06. The summed E-state index contributed by atoms with van der Waals surface area (Å²) in [5.74, 6) is 0.871. The van der Waals surface area contributed by atoms with Crippen LogP contribution in [0.4, 0.5) is 4.79 Å². The first-order valence-corrected chi connectivity index (χ1v) is 10.8. The quantitative estimate of drug-likeness (QED) is 0.683. The Bertz CT molecular complexity index is 1010. The van der Waals surface area contributed by atoms with Gasteiger partial charge in [0.25, 0.3) is 5.91 Å². The van der Waals surface area contributed by atoms with Gasteiger partial charge in [-0.1, -0.05) is 30.4 Å². The average molecular weight is 437 g/mol. The number of piperidine rings is 1. The summed E-state index contributed by atoms with van der Waals surface area (Å²) < 4.78 is 12.1. The van der Waals surface area contributed by atoms with Crippen LogP contribution in [0.5, 0.6) is 5.75 Å². The Hall–Kier alpha value is -3.32. The van der Waals surface area contributed by atoms with E-state index in [0.717, 1.165) is 40.9 Å².